The van der Waals surface area contributed by atoms with Crippen LogP contribution in [0.3, 0.4) is 0 Å². The summed E-state index contributed by atoms with van der Waals surface area (Å²) < 4.78 is 0. The first-order valence-corrected chi connectivity index (χ1v) is 17.4. The van der Waals surface area contributed by atoms with Crippen LogP contribution in [0.1, 0.15) is 22.7 Å². The Balaban J connectivity index is 1.16. The van der Waals surface area contributed by atoms with Crippen molar-refractivity contribution in [1.82, 2.24) is 20.3 Å². The first kappa shape index (κ1) is 31.0. The minimum Gasteiger partial charge on any atom is -0.359 e. The Kier molecular flexibility index (Phi) is 8.20. The lowest BCUT2D eigenvalue weighted by atomic mass is 9.92. The number of nitrogens with one attached hydrogen (secondary N) is 1. The van der Waals surface area contributed by atoms with Crippen LogP contribution in [0.25, 0.3) is 61.8 Å². The Labute approximate surface area is 302 Å². The Morgan fingerprint density at radius 1 is 0.404 bits per heavy atom. The van der Waals surface area contributed by atoms with Gasteiger partial charge < -0.3 is 5.32 Å². The van der Waals surface area contributed by atoms with Gasteiger partial charge in [-0.1, -0.05) is 182 Å². The minimum atomic E-state index is -0.0709. The zero-order valence-corrected chi connectivity index (χ0v) is 28.3. The van der Waals surface area contributed by atoms with Gasteiger partial charge in [0.05, 0.1) is 11.7 Å². The molecular formula is C47H33N5. The third kappa shape index (κ3) is 6.16. The number of rotatable bonds is 7. The van der Waals surface area contributed by atoms with Gasteiger partial charge in [-0.15, -0.1) is 0 Å². The highest BCUT2D eigenvalue weighted by atomic mass is 15.1. The Hall–Kier alpha value is -6.98. The molecule has 2 heterocycles. The highest BCUT2D eigenvalue weighted by Crippen LogP contribution is 2.39. The number of hydrogen-bond donors (Lipinski definition) is 1. The zero-order valence-electron chi connectivity index (χ0n) is 28.3. The van der Waals surface area contributed by atoms with Crippen molar-refractivity contribution in [2.24, 2.45) is 4.99 Å². The van der Waals surface area contributed by atoms with E-state index in [1.165, 1.54) is 0 Å². The van der Waals surface area contributed by atoms with E-state index in [2.05, 4.69) is 108 Å². The zero-order chi connectivity index (χ0) is 34.7. The van der Waals surface area contributed by atoms with Crippen molar-refractivity contribution < 1.29 is 0 Å². The number of aromatic nitrogens is 3. The van der Waals surface area contributed by atoms with E-state index in [1.807, 2.05) is 84.9 Å². The number of aliphatic imine (C=N–C) groups is 1. The molecule has 5 nitrogen and oxygen atoms in total. The summed E-state index contributed by atoms with van der Waals surface area (Å²) in [5.74, 6) is 2.76. The minimum absolute atomic E-state index is 0.0709. The first-order valence-electron chi connectivity index (χ1n) is 17.4. The summed E-state index contributed by atoms with van der Waals surface area (Å²) in [6.45, 7) is 0. The third-order valence-electron chi connectivity index (χ3n) is 9.40. The lowest BCUT2D eigenvalue weighted by Crippen LogP contribution is -2.31. The predicted octanol–water partition coefficient (Wildman–Crippen LogP) is 10.8. The smallest absolute Gasteiger partial charge is 0.165 e. The fraction of sp³-hybridized carbons (Fsp3) is 0.0213. The summed E-state index contributed by atoms with van der Waals surface area (Å²) in [7, 11) is 0. The second-order valence-electron chi connectivity index (χ2n) is 12.7. The maximum atomic E-state index is 5.15. The van der Waals surface area contributed by atoms with Gasteiger partial charge in [0, 0.05) is 22.3 Å². The summed E-state index contributed by atoms with van der Waals surface area (Å²) >= 11 is 0. The molecule has 0 saturated carbocycles. The lowest BCUT2D eigenvalue weighted by Gasteiger charge is -2.25. The Morgan fingerprint density at radius 3 is 1.54 bits per heavy atom. The predicted molar refractivity (Wildman–Crippen MR) is 212 cm³/mol. The van der Waals surface area contributed by atoms with Crippen molar-refractivity contribution in [3.63, 3.8) is 0 Å². The quantitative estimate of drug-likeness (QED) is 0.184. The molecule has 52 heavy (non-hydrogen) atoms. The van der Waals surface area contributed by atoms with Crippen LogP contribution in [0.5, 0.6) is 0 Å². The molecule has 9 rings (SSSR count). The molecule has 0 bridgehead atoms. The summed E-state index contributed by atoms with van der Waals surface area (Å²) in [5.41, 5.74) is 9.21. The molecule has 0 aliphatic carbocycles. The molecule has 0 radical (unpaired) electrons. The molecule has 246 valence electrons. The summed E-state index contributed by atoms with van der Waals surface area (Å²) in [6, 6.07) is 62.5. The summed E-state index contributed by atoms with van der Waals surface area (Å²) in [4.78, 5) is 20.3. The van der Waals surface area contributed by atoms with Crippen LogP contribution in [0.15, 0.2) is 193 Å². The molecule has 1 unspecified atom stereocenters. The lowest BCUT2D eigenvalue weighted by molar-refractivity contribution is 0.781. The van der Waals surface area contributed by atoms with Gasteiger partial charge in [-0.25, -0.2) is 19.9 Å². The maximum absolute atomic E-state index is 5.15. The second-order valence-corrected chi connectivity index (χ2v) is 12.7. The van der Waals surface area contributed by atoms with E-state index in [4.69, 9.17) is 19.9 Å². The van der Waals surface area contributed by atoms with Gasteiger partial charge in [-0.3, -0.25) is 0 Å². The number of hydrogen-bond acceptors (Lipinski definition) is 5. The van der Waals surface area contributed by atoms with E-state index in [0.29, 0.717) is 17.5 Å². The molecule has 0 saturated heterocycles. The molecule has 1 N–H and O–H groups in total. The molecule has 1 atom stereocenters. The van der Waals surface area contributed by atoms with Crippen molar-refractivity contribution in [2.45, 2.75) is 6.04 Å². The normalized spacial score (nSPS) is 14.0. The summed E-state index contributed by atoms with van der Waals surface area (Å²) in [6.07, 6.45) is 2.21. The SMILES string of the molecule is C1=C(c2ccccc2)N=C(c2ccccc2)NC1c1ccc(-c2ccc3ccccc3c2-c2nc(-c3ccccc3)nc(-c3ccccc3)n2)cc1. The van der Waals surface area contributed by atoms with Crippen LogP contribution < -0.4 is 5.32 Å². The highest BCUT2D eigenvalue weighted by molar-refractivity contribution is 6.04. The van der Waals surface area contributed by atoms with E-state index in [-0.39, 0.29) is 6.04 Å². The average molecular weight is 668 g/mol. The molecule has 7 aromatic carbocycles. The van der Waals surface area contributed by atoms with Gasteiger partial charge in [-0.2, -0.15) is 0 Å². The maximum Gasteiger partial charge on any atom is 0.165 e. The topological polar surface area (TPSA) is 63.1 Å². The Bertz CT molecular complexity index is 2510. The van der Waals surface area contributed by atoms with Crippen molar-refractivity contribution in [3.8, 4) is 45.3 Å². The van der Waals surface area contributed by atoms with Gasteiger partial charge in [0.25, 0.3) is 0 Å². The number of benzene rings is 7. The van der Waals surface area contributed by atoms with Gasteiger partial charge in [-0.05, 0) is 39.1 Å². The molecule has 0 fully saturated rings. The molecule has 8 aromatic rings. The fourth-order valence-electron chi connectivity index (χ4n) is 6.77. The van der Waals surface area contributed by atoms with E-state index in [9.17, 15) is 0 Å². The molecule has 1 aliphatic rings. The van der Waals surface area contributed by atoms with Crippen molar-refractivity contribution in [2.75, 3.05) is 0 Å². The number of fused-ring (bicyclic) bond motifs is 1. The van der Waals surface area contributed by atoms with Gasteiger partial charge >= 0.3 is 0 Å². The van der Waals surface area contributed by atoms with Gasteiger partial charge in [0.1, 0.15) is 5.84 Å². The van der Waals surface area contributed by atoms with Crippen LogP contribution in [0, 0.1) is 0 Å². The number of nitrogens with zero attached hydrogens (tertiary/aromatic N) is 4. The van der Waals surface area contributed by atoms with Crippen molar-refractivity contribution >= 4 is 22.3 Å². The van der Waals surface area contributed by atoms with E-state index in [1.54, 1.807) is 0 Å². The van der Waals surface area contributed by atoms with E-state index >= 15 is 0 Å². The van der Waals surface area contributed by atoms with Crippen LogP contribution in [-0.2, 0) is 0 Å². The molecular weight excluding hydrogens is 635 g/mol. The molecule has 1 aromatic heterocycles. The van der Waals surface area contributed by atoms with Crippen LogP contribution in [-0.4, -0.2) is 20.8 Å². The van der Waals surface area contributed by atoms with Crippen LogP contribution in [0.2, 0.25) is 0 Å². The molecule has 0 amide bonds. The number of amidine groups is 1. The molecule has 1 aliphatic heterocycles. The van der Waals surface area contributed by atoms with Crippen molar-refractivity contribution in [3.05, 3.63) is 205 Å². The Morgan fingerprint density at radius 2 is 0.923 bits per heavy atom. The largest absolute Gasteiger partial charge is 0.359 e. The molecule has 5 heteroatoms. The monoisotopic (exact) mass is 667 g/mol. The third-order valence-corrected chi connectivity index (χ3v) is 9.40. The summed E-state index contributed by atoms with van der Waals surface area (Å²) in [5, 5.41) is 5.90. The standard InChI is InChI=1S/C47H33N5/c1-5-16-34(17-6-1)41-31-42(49-44(48-41)36-18-7-2-8-19-36)35-27-25-33(26-28-35)40-30-29-32-15-13-14-24-39(32)43(40)47-51-45(37-20-9-3-10-21-37)50-46(52-47)38-22-11-4-12-23-38/h1-31,42H,(H,48,49). The average Bonchev–Trinajstić information content (AvgIpc) is 3.24. The highest BCUT2D eigenvalue weighted by Gasteiger charge is 2.22. The van der Waals surface area contributed by atoms with Crippen LogP contribution >= 0.6 is 0 Å². The van der Waals surface area contributed by atoms with Gasteiger partial charge in [0.2, 0.25) is 0 Å². The second kappa shape index (κ2) is 13.7. The van der Waals surface area contributed by atoms with E-state index < -0.39 is 0 Å². The fourth-order valence-corrected chi connectivity index (χ4v) is 6.77. The first-order chi connectivity index (χ1) is 25.8. The van der Waals surface area contributed by atoms with E-state index in [0.717, 1.165) is 66.8 Å². The van der Waals surface area contributed by atoms with Gasteiger partial charge in [0.15, 0.2) is 17.5 Å². The van der Waals surface area contributed by atoms with Crippen LogP contribution in [0.4, 0.5) is 0 Å². The molecule has 0 spiro atoms. The van der Waals surface area contributed by atoms with Crippen molar-refractivity contribution in [1.29, 1.82) is 0 Å².